The van der Waals surface area contributed by atoms with Gasteiger partial charge in [0.1, 0.15) is 6.17 Å². The van der Waals surface area contributed by atoms with Gasteiger partial charge in [-0.15, -0.1) is 0 Å². The third-order valence-electron chi connectivity index (χ3n) is 2.53. The van der Waals surface area contributed by atoms with Gasteiger partial charge in [-0.2, -0.15) is 0 Å². The van der Waals surface area contributed by atoms with E-state index in [0.29, 0.717) is 0 Å². The van der Waals surface area contributed by atoms with Gasteiger partial charge in [0.25, 0.3) is 0 Å². The summed E-state index contributed by atoms with van der Waals surface area (Å²) < 4.78 is 0. The summed E-state index contributed by atoms with van der Waals surface area (Å²) in [6.45, 7) is 4.12. The highest BCUT2D eigenvalue weighted by Crippen LogP contribution is 2.24. The van der Waals surface area contributed by atoms with Crippen LogP contribution in [0.5, 0.6) is 0 Å². The van der Waals surface area contributed by atoms with Crippen molar-refractivity contribution in [2.75, 3.05) is 0 Å². The Labute approximate surface area is 100 Å². The van der Waals surface area contributed by atoms with E-state index < -0.39 is 0 Å². The predicted octanol–water partition coefficient (Wildman–Crippen LogP) is 2.64. The molecule has 1 aromatic rings. The van der Waals surface area contributed by atoms with Gasteiger partial charge < -0.3 is 5.32 Å². The van der Waals surface area contributed by atoms with Crippen LogP contribution in [-0.4, -0.2) is 10.5 Å². The minimum absolute atomic E-state index is 0.0613. The lowest BCUT2D eigenvalue weighted by atomic mass is 10.1. The van der Waals surface area contributed by atoms with Gasteiger partial charge in [0.05, 0.1) is 10.5 Å². The number of nitrogens with one attached hydrogen (secondary N) is 2. The first-order valence-electron chi connectivity index (χ1n) is 4.83. The number of hydrogen-bond acceptors (Lipinski definition) is 2. The van der Waals surface area contributed by atoms with Gasteiger partial charge in [-0.25, -0.2) is 0 Å². The molecule has 1 saturated heterocycles. The van der Waals surface area contributed by atoms with Crippen molar-refractivity contribution in [2.45, 2.75) is 25.6 Å². The van der Waals surface area contributed by atoms with Gasteiger partial charge in [0, 0.05) is 5.02 Å². The molecule has 1 aliphatic rings. The second-order valence-corrected chi connectivity index (χ2v) is 5.08. The molecule has 1 aromatic carbocycles. The molecule has 15 heavy (non-hydrogen) atoms. The molecule has 80 valence electrons. The Kier molecular flexibility index (Phi) is 2.71. The van der Waals surface area contributed by atoms with Gasteiger partial charge in [-0.05, 0) is 31.5 Å². The highest BCUT2D eigenvalue weighted by Gasteiger charge is 2.35. The van der Waals surface area contributed by atoms with Crippen LogP contribution >= 0.6 is 23.8 Å². The van der Waals surface area contributed by atoms with E-state index in [1.54, 1.807) is 0 Å². The van der Waals surface area contributed by atoms with E-state index in [-0.39, 0.29) is 11.7 Å². The van der Waals surface area contributed by atoms with Crippen LogP contribution in [0.15, 0.2) is 24.3 Å². The minimum Gasteiger partial charge on any atom is -0.359 e. The predicted molar refractivity (Wildman–Crippen MR) is 67.1 cm³/mol. The molecule has 0 spiro atoms. The largest absolute Gasteiger partial charge is 0.359 e. The van der Waals surface area contributed by atoms with E-state index in [4.69, 9.17) is 23.8 Å². The molecule has 0 saturated carbocycles. The molecule has 2 N–H and O–H groups in total. The second-order valence-electron chi connectivity index (χ2n) is 4.23. The molecule has 2 rings (SSSR count). The van der Waals surface area contributed by atoms with Crippen LogP contribution in [0, 0.1) is 0 Å². The van der Waals surface area contributed by atoms with E-state index in [1.165, 1.54) is 0 Å². The van der Waals surface area contributed by atoms with Gasteiger partial charge in [-0.3, -0.25) is 5.32 Å². The molecule has 1 unspecified atom stereocenters. The van der Waals surface area contributed by atoms with Gasteiger partial charge in [-0.1, -0.05) is 36.0 Å². The van der Waals surface area contributed by atoms with Crippen LogP contribution in [-0.2, 0) is 0 Å². The smallest absolute Gasteiger partial charge is 0.104 e. The van der Waals surface area contributed by atoms with E-state index in [2.05, 4.69) is 24.5 Å². The van der Waals surface area contributed by atoms with Crippen molar-refractivity contribution in [2.24, 2.45) is 0 Å². The molecule has 1 atom stereocenters. The molecule has 1 heterocycles. The highest BCUT2D eigenvalue weighted by atomic mass is 35.5. The second kappa shape index (κ2) is 3.74. The summed E-state index contributed by atoms with van der Waals surface area (Å²) in [4.78, 5) is 0.840. The van der Waals surface area contributed by atoms with Crippen molar-refractivity contribution in [3.05, 3.63) is 34.9 Å². The van der Waals surface area contributed by atoms with Gasteiger partial charge in [0.15, 0.2) is 0 Å². The first-order chi connectivity index (χ1) is 6.99. The Hall–Kier alpha value is -0.640. The standard InChI is InChI=1S/C11H13ClN2S/c1-11(2)10(15)13-9(14-11)7-4-3-5-8(12)6-7/h3-6,9,14H,1-2H3,(H,13,15). The Morgan fingerprint density at radius 2 is 2.13 bits per heavy atom. The fourth-order valence-corrected chi connectivity index (χ4v) is 2.00. The normalized spacial score (nSPS) is 23.9. The monoisotopic (exact) mass is 240 g/mol. The first-order valence-corrected chi connectivity index (χ1v) is 5.62. The molecule has 4 heteroatoms. The SMILES string of the molecule is CC1(C)NC(c2cccc(Cl)c2)NC1=S. The summed E-state index contributed by atoms with van der Waals surface area (Å²) in [7, 11) is 0. The van der Waals surface area contributed by atoms with Crippen molar-refractivity contribution in [3.8, 4) is 0 Å². The topological polar surface area (TPSA) is 24.1 Å². The molecule has 0 amide bonds. The summed E-state index contributed by atoms with van der Waals surface area (Å²) in [6, 6.07) is 7.77. The summed E-state index contributed by atoms with van der Waals surface area (Å²) in [6.07, 6.45) is 0.0613. The third-order valence-corrected chi connectivity index (χ3v) is 3.39. The average Bonchev–Trinajstić information content (AvgIpc) is 2.42. The van der Waals surface area contributed by atoms with Gasteiger partial charge >= 0.3 is 0 Å². The van der Waals surface area contributed by atoms with Crippen LogP contribution in [0.4, 0.5) is 0 Å². The lowest BCUT2D eigenvalue weighted by molar-refractivity contribution is 0.474. The zero-order valence-corrected chi connectivity index (χ0v) is 10.2. The van der Waals surface area contributed by atoms with E-state index >= 15 is 0 Å². The molecule has 2 nitrogen and oxygen atoms in total. The molecule has 0 aromatic heterocycles. The summed E-state index contributed by atoms with van der Waals surface area (Å²) in [5.41, 5.74) is 0.956. The molecule has 1 fully saturated rings. The Morgan fingerprint density at radius 1 is 1.40 bits per heavy atom. The Morgan fingerprint density at radius 3 is 2.67 bits per heavy atom. The average molecular weight is 241 g/mol. The highest BCUT2D eigenvalue weighted by molar-refractivity contribution is 7.80. The third kappa shape index (κ3) is 2.14. The lowest BCUT2D eigenvalue weighted by Gasteiger charge is -2.17. The fraction of sp³-hybridized carbons (Fsp3) is 0.364. The van der Waals surface area contributed by atoms with Crippen molar-refractivity contribution >= 4 is 28.8 Å². The summed E-state index contributed by atoms with van der Waals surface area (Å²) in [5.74, 6) is 0. The van der Waals surface area contributed by atoms with Crippen LogP contribution in [0.2, 0.25) is 5.02 Å². The van der Waals surface area contributed by atoms with Crippen molar-refractivity contribution in [1.29, 1.82) is 0 Å². The molecule has 1 aliphatic heterocycles. The maximum absolute atomic E-state index is 5.94. The summed E-state index contributed by atoms with van der Waals surface area (Å²) >= 11 is 11.2. The van der Waals surface area contributed by atoms with Crippen LogP contribution in [0.25, 0.3) is 0 Å². The van der Waals surface area contributed by atoms with Gasteiger partial charge in [0.2, 0.25) is 0 Å². The van der Waals surface area contributed by atoms with Crippen LogP contribution in [0.3, 0.4) is 0 Å². The number of benzene rings is 1. The van der Waals surface area contributed by atoms with Crippen molar-refractivity contribution in [3.63, 3.8) is 0 Å². The van der Waals surface area contributed by atoms with Crippen LogP contribution in [0.1, 0.15) is 25.6 Å². The molecule has 0 bridgehead atoms. The van der Waals surface area contributed by atoms with E-state index in [9.17, 15) is 0 Å². The minimum atomic E-state index is -0.150. The first kappa shape index (κ1) is 10.9. The number of hydrogen-bond donors (Lipinski definition) is 2. The molecule has 0 radical (unpaired) electrons. The maximum atomic E-state index is 5.94. The zero-order valence-electron chi connectivity index (χ0n) is 8.67. The Balaban J connectivity index is 2.25. The Bertz CT molecular complexity index is 403. The van der Waals surface area contributed by atoms with Crippen LogP contribution < -0.4 is 10.6 Å². The van der Waals surface area contributed by atoms with Crippen molar-refractivity contribution in [1.82, 2.24) is 10.6 Å². The fourth-order valence-electron chi connectivity index (χ4n) is 1.63. The number of thiocarbonyl (C=S) groups is 1. The molecular weight excluding hydrogens is 228 g/mol. The van der Waals surface area contributed by atoms with E-state index in [0.717, 1.165) is 15.6 Å². The number of halogens is 1. The summed E-state index contributed by atoms with van der Waals surface area (Å²) in [5, 5.41) is 7.40. The molecular formula is C11H13ClN2S. The maximum Gasteiger partial charge on any atom is 0.104 e. The molecule has 0 aliphatic carbocycles. The zero-order chi connectivity index (χ0) is 11.1. The van der Waals surface area contributed by atoms with E-state index in [1.807, 2.05) is 24.3 Å². The quantitative estimate of drug-likeness (QED) is 0.738. The lowest BCUT2D eigenvalue weighted by Crippen LogP contribution is -2.38. The van der Waals surface area contributed by atoms with Crippen molar-refractivity contribution < 1.29 is 0 Å². The number of rotatable bonds is 1.